The Labute approximate surface area is 82.8 Å². The molecule has 1 N–H and O–H groups in total. The first kappa shape index (κ1) is 10.9. The predicted molar refractivity (Wildman–Crippen MR) is 53.2 cm³/mol. The summed E-state index contributed by atoms with van der Waals surface area (Å²) in [6.45, 7) is 2.64. The van der Waals surface area contributed by atoms with Gasteiger partial charge >= 0.3 is 5.97 Å². The normalized spacial score (nSPS) is 27.8. The van der Waals surface area contributed by atoms with Gasteiger partial charge in [0.1, 0.15) is 0 Å². The molecule has 0 aromatic heterocycles. The minimum Gasteiger partial charge on any atom is -0.479 e. The lowest BCUT2D eigenvalue weighted by Crippen LogP contribution is -2.41. The number of carboxylic acid groups (broad SMARTS) is 1. The number of aliphatic carboxylic acids is 1. The highest BCUT2D eigenvalue weighted by atomic mass is 32.2. The van der Waals surface area contributed by atoms with Crippen LogP contribution in [0.15, 0.2) is 0 Å². The summed E-state index contributed by atoms with van der Waals surface area (Å²) in [4.78, 5) is 11.0. The van der Waals surface area contributed by atoms with Crippen molar-refractivity contribution >= 4 is 17.7 Å². The Bertz CT molecular complexity index is 176. The molecule has 0 saturated carbocycles. The van der Waals surface area contributed by atoms with E-state index in [0.29, 0.717) is 18.8 Å². The molecular formula is C9H16O3S. The van der Waals surface area contributed by atoms with E-state index >= 15 is 0 Å². The molecule has 1 aliphatic heterocycles. The van der Waals surface area contributed by atoms with Crippen LogP contribution in [0.4, 0.5) is 0 Å². The van der Waals surface area contributed by atoms with E-state index in [2.05, 4.69) is 6.92 Å². The highest BCUT2D eigenvalue weighted by Crippen LogP contribution is 2.31. The van der Waals surface area contributed by atoms with Gasteiger partial charge in [0.05, 0.1) is 0 Å². The lowest BCUT2D eigenvalue weighted by Gasteiger charge is -2.23. The molecule has 0 amide bonds. The van der Waals surface area contributed by atoms with Gasteiger partial charge in [0, 0.05) is 12.4 Å². The molecule has 0 aromatic rings. The summed E-state index contributed by atoms with van der Waals surface area (Å²) >= 11 is 1.66. The van der Waals surface area contributed by atoms with Crippen molar-refractivity contribution in [1.29, 1.82) is 0 Å². The molecule has 1 atom stereocenters. The smallest absolute Gasteiger partial charge is 0.336 e. The largest absolute Gasteiger partial charge is 0.479 e. The van der Waals surface area contributed by atoms with E-state index < -0.39 is 11.6 Å². The van der Waals surface area contributed by atoms with Gasteiger partial charge in [0.2, 0.25) is 0 Å². The summed E-state index contributed by atoms with van der Waals surface area (Å²) in [5, 5.41) is 9.02. The summed E-state index contributed by atoms with van der Waals surface area (Å²) in [6, 6.07) is 0. The van der Waals surface area contributed by atoms with Gasteiger partial charge in [-0.05, 0) is 18.6 Å². The molecular weight excluding hydrogens is 188 g/mol. The van der Waals surface area contributed by atoms with Crippen molar-refractivity contribution in [3.05, 3.63) is 0 Å². The molecule has 1 saturated heterocycles. The SMILES string of the molecule is CCCCOC1(C(=O)O)CCSC1. The Morgan fingerprint density at radius 2 is 2.46 bits per heavy atom. The van der Waals surface area contributed by atoms with Gasteiger partial charge < -0.3 is 9.84 Å². The Morgan fingerprint density at radius 1 is 1.69 bits per heavy atom. The quantitative estimate of drug-likeness (QED) is 0.693. The topological polar surface area (TPSA) is 46.5 Å². The standard InChI is InChI=1S/C9H16O3S/c1-2-3-5-12-9(8(10)11)4-6-13-7-9/h2-7H2,1H3,(H,10,11). The zero-order chi connectivity index (χ0) is 9.73. The van der Waals surface area contributed by atoms with E-state index in [0.717, 1.165) is 18.6 Å². The summed E-state index contributed by atoms with van der Waals surface area (Å²) < 4.78 is 5.47. The number of unbranched alkanes of at least 4 members (excludes halogenated alkanes) is 1. The van der Waals surface area contributed by atoms with Crippen molar-refractivity contribution in [2.75, 3.05) is 18.1 Å². The number of carbonyl (C=O) groups is 1. The molecule has 0 spiro atoms. The zero-order valence-electron chi connectivity index (χ0n) is 7.91. The molecule has 0 aromatic carbocycles. The van der Waals surface area contributed by atoms with E-state index in [1.54, 1.807) is 11.8 Å². The summed E-state index contributed by atoms with van der Waals surface area (Å²) in [5.41, 5.74) is -0.875. The van der Waals surface area contributed by atoms with E-state index in [1.807, 2.05) is 0 Å². The minimum absolute atomic E-state index is 0.573. The predicted octanol–water partition coefficient (Wildman–Crippen LogP) is 1.76. The Balaban J connectivity index is 2.43. The molecule has 0 aliphatic carbocycles. The van der Waals surface area contributed by atoms with Crippen LogP contribution in [0.3, 0.4) is 0 Å². The van der Waals surface area contributed by atoms with Crippen molar-refractivity contribution in [3.8, 4) is 0 Å². The molecule has 4 heteroatoms. The van der Waals surface area contributed by atoms with Crippen LogP contribution in [-0.4, -0.2) is 34.8 Å². The van der Waals surface area contributed by atoms with Gasteiger partial charge in [-0.3, -0.25) is 0 Å². The first-order valence-corrected chi connectivity index (χ1v) is 5.82. The molecule has 1 unspecified atom stereocenters. The lowest BCUT2D eigenvalue weighted by atomic mass is 10.0. The molecule has 0 bridgehead atoms. The van der Waals surface area contributed by atoms with Gasteiger partial charge in [-0.2, -0.15) is 11.8 Å². The van der Waals surface area contributed by atoms with Crippen molar-refractivity contribution in [2.45, 2.75) is 31.8 Å². The van der Waals surface area contributed by atoms with Crippen LogP contribution in [0.5, 0.6) is 0 Å². The fraction of sp³-hybridized carbons (Fsp3) is 0.889. The third kappa shape index (κ3) is 2.61. The van der Waals surface area contributed by atoms with Crippen molar-refractivity contribution in [3.63, 3.8) is 0 Å². The second-order valence-corrected chi connectivity index (χ2v) is 4.41. The molecule has 3 nitrogen and oxygen atoms in total. The fourth-order valence-electron chi connectivity index (χ4n) is 1.30. The van der Waals surface area contributed by atoms with Gasteiger partial charge in [0.15, 0.2) is 5.60 Å². The molecule has 1 fully saturated rings. The van der Waals surface area contributed by atoms with E-state index in [4.69, 9.17) is 9.84 Å². The van der Waals surface area contributed by atoms with Crippen LogP contribution in [0.2, 0.25) is 0 Å². The number of rotatable bonds is 5. The van der Waals surface area contributed by atoms with Crippen molar-refractivity contribution < 1.29 is 14.6 Å². The summed E-state index contributed by atoms with van der Waals surface area (Å²) in [7, 11) is 0. The Hall–Kier alpha value is -0.220. The number of hydrogen-bond donors (Lipinski definition) is 1. The minimum atomic E-state index is -0.875. The zero-order valence-corrected chi connectivity index (χ0v) is 8.73. The number of hydrogen-bond acceptors (Lipinski definition) is 3. The maximum atomic E-state index is 11.0. The Kier molecular flexibility index (Phi) is 4.06. The second kappa shape index (κ2) is 4.86. The van der Waals surface area contributed by atoms with Gasteiger partial charge in [-0.15, -0.1) is 0 Å². The molecule has 0 radical (unpaired) electrons. The molecule has 13 heavy (non-hydrogen) atoms. The van der Waals surface area contributed by atoms with Crippen molar-refractivity contribution in [1.82, 2.24) is 0 Å². The van der Waals surface area contributed by atoms with Gasteiger partial charge in [0.25, 0.3) is 0 Å². The lowest BCUT2D eigenvalue weighted by molar-refractivity contribution is -0.162. The van der Waals surface area contributed by atoms with Crippen LogP contribution in [-0.2, 0) is 9.53 Å². The second-order valence-electron chi connectivity index (χ2n) is 3.30. The number of carboxylic acids is 1. The maximum absolute atomic E-state index is 11.0. The highest BCUT2D eigenvalue weighted by molar-refractivity contribution is 7.99. The molecule has 1 heterocycles. The third-order valence-corrected chi connectivity index (χ3v) is 3.41. The van der Waals surface area contributed by atoms with Gasteiger partial charge in [-0.25, -0.2) is 4.79 Å². The number of ether oxygens (including phenoxy) is 1. The van der Waals surface area contributed by atoms with E-state index in [-0.39, 0.29) is 0 Å². The average Bonchev–Trinajstić information content (AvgIpc) is 2.55. The van der Waals surface area contributed by atoms with Crippen LogP contribution >= 0.6 is 11.8 Å². The van der Waals surface area contributed by atoms with Crippen LogP contribution in [0.25, 0.3) is 0 Å². The molecule has 76 valence electrons. The maximum Gasteiger partial charge on any atom is 0.336 e. The molecule has 1 aliphatic rings. The van der Waals surface area contributed by atoms with Crippen LogP contribution in [0, 0.1) is 0 Å². The monoisotopic (exact) mass is 204 g/mol. The average molecular weight is 204 g/mol. The first-order chi connectivity index (χ1) is 6.21. The van der Waals surface area contributed by atoms with Crippen molar-refractivity contribution in [2.24, 2.45) is 0 Å². The first-order valence-electron chi connectivity index (χ1n) is 4.66. The third-order valence-electron chi connectivity index (χ3n) is 2.25. The van der Waals surface area contributed by atoms with Crippen LogP contribution in [0.1, 0.15) is 26.2 Å². The highest BCUT2D eigenvalue weighted by Gasteiger charge is 2.42. The van der Waals surface area contributed by atoms with E-state index in [9.17, 15) is 4.79 Å². The van der Waals surface area contributed by atoms with Gasteiger partial charge in [-0.1, -0.05) is 13.3 Å². The van der Waals surface area contributed by atoms with E-state index in [1.165, 1.54) is 0 Å². The van der Waals surface area contributed by atoms with Crippen LogP contribution < -0.4 is 0 Å². The molecule has 1 rings (SSSR count). The number of thioether (sulfide) groups is 1. The Morgan fingerprint density at radius 3 is 2.92 bits per heavy atom. The summed E-state index contributed by atoms with van der Waals surface area (Å²) in [6.07, 6.45) is 2.64. The summed E-state index contributed by atoms with van der Waals surface area (Å²) in [5.74, 6) is 0.707. The fourth-order valence-corrected chi connectivity index (χ4v) is 2.60.